The van der Waals surface area contributed by atoms with Gasteiger partial charge in [-0.15, -0.1) is 0 Å². The lowest BCUT2D eigenvalue weighted by molar-refractivity contribution is 0.0470. The first-order chi connectivity index (χ1) is 14.0. The number of imidazole rings is 1. The number of hydrogen-bond acceptors (Lipinski definition) is 6. The molecule has 1 fully saturated rings. The third-order valence-electron chi connectivity index (χ3n) is 5.51. The van der Waals surface area contributed by atoms with E-state index < -0.39 is 6.10 Å². The van der Waals surface area contributed by atoms with Crippen LogP contribution in [0.25, 0.3) is 0 Å². The topological polar surface area (TPSA) is 57.0 Å². The number of aryl methyl sites for hydroxylation is 1. The highest BCUT2D eigenvalue weighted by molar-refractivity contribution is 5.28. The van der Waals surface area contributed by atoms with Gasteiger partial charge in [-0.25, -0.2) is 4.98 Å². The van der Waals surface area contributed by atoms with E-state index in [4.69, 9.17) is 4.74 Å². The molecule has 0 amide bonds. The van der Waals surface area contributed by atoms with Crippen LogP contribution in [0.15, 0.2) is 36.7 Å². The van der Waals surface area contributed by atoms with Crippen LogP contribution in [0.4, 0.5) is 0 Å². The molecule has 2 aromatic rings. The molecule has 1 aromatic carbocycles. The van der Waals surface area contributed by atoms with Gasteiger partial charge < -0.3 is 19.3 Å². The van der Waals surface area contributed by atoms with E-state index in [9.17, 15) is 5.11 Å². The lowest BCUT2D eigenvalue weighted by Crippen LogP contribution is -2.49. The minimum Gasteiger partial charge on any atom is -0.491 e. The van der Waals surface area contributed by atoms with Gasteiger partial charge in [0.25, 0.3) is 0 Å². The van der Waals surface area contributed by atoms with Crippen molar-refractivity contribution in [3.05, 3.63) is 48.0 Å². The number of hydrogen-bond donors (Lipinski definition) is 1. The number of aliphatic hydroxyl groups excluding tert-OH is 1. The maximum absolute atomic E-state index is 10.4. The van der Waals surface area contributed by atoms with Gasteiger partial charge in [0.2, 0.25) is 0 Å². The molecule has 160 valence electrons. The van der Waals surface area contributed by atoms with Crippen molar-refractivity contribution in [3.63, 3.8) is 0 Å². The van der Waals surface area contributed by atoms with Crippen LogP contribution in [0.3, 0.4) is 0 Å². The molecule has 1 aliphatic rings. The SMILES string of the molecule is CCN1CCN(C[C@H](O)COc2cccc(CN(C)Cc3nccn3C)c2)CC1. The summed E-state index contributed by atoms with van der Waals surface area (Å²) < 4.78 is 7.92. The molecule has 2 heterocycles. The van der Waals surface area contributed by atoms with Gasteiger partial charge in [0, 0.05) is 58.7 Å². The molecule has 0 radical (unpaired) electrons. The molecule has 29 heavy (non-hydrogen) atoms. The van der Waals surface area contributed by atoms with Crippen molar-refractivity contribution < 1.29 is 9.84 Å². The molecule has 7 nitrogen and oxygen atoms in total. The van der Waals surface area contributed by atoms with Crippen LogP contribution in [0.1, 0.15) is 18.3 Å². The normalized spacial score (nSPS) is 17.0. The zero-order valence-corrected chi connectivity index (χ0v) is 18.0. The van der Waals surface area contributed by atoms with Crippen molar-refractivity contribution >= 4 is 0 Å². The van der Waals surface area contributed by atoms with Crippen LogP contribution >= 0.6 is 0 Å². The predicted octanol–water partition coefficient (Wildman–Crippen LogP) is 1.43. The summed E-state index contributed by atoms with van der Waals surface area (Å²) in [5.41, 5.74) is 1.18. The Morgan fingerprint density at radius 2 is 1.93 bits per heavy atom. The van der Waals surface area contributed by atoms with Gasteiger partial charge >= 0.3 is 0 Å². The second-order valence-electron chi connectivity index (χ2n) is 7.97. The number of aliphatic hydroxyl groups is 1. The summed E-state index contributed by atoms with van der Waals surface area (Å²) in [6.07, 6.45) is 3.32. The zero-order chi connectivity index (χ0) is 20.6. The average molecular weight is 402 g/mol. The molecule has 1 saturated heterocycles. The van der Waals surface area contributed by atoms with Gasteiger partial charge in [0.15, 0.2) is 0 Å². The molecule has 1 atom stereocenters. The molecule has 0 unspecified atom stereocenters. The zero-order valence-electron chi connectivity index (χ0n) is 18.0. The van der Waals surface area contributed by atoms with Gasteiger partial charge in [-0.2, -0.15) is 0 Å². The molecule has 0 spiro atoms. The first-order valence-electron chi connectivity index (χ1n) is 10.5. The van der Waals surface area contributed by atoms with E-state index in [2.05, 4.69) is 45.8 Å². The fourth-order valence-corrected chi connectivity index (χ4v) is 3.72. The number of aromatic nitrogens is 2. The number of ether oxygens (including phenoxy) is 1. The van der Waals surface area contributed by atoms with Crippen LogP contribution in [0.2, 0.25) is 0 Å². The van der Waals surface area contributed by atoms with Crippen molar-refractivity contribution in [1.82, 2.24) is 24.3 Å². The molecule has 0 aliphatic carbocycles. The fraction of sp³-hybridized carbons (Fsp3) is 0.591. The predicted molar refractivity (Wildman–Crippen MR) is 115 cm³/mol. The van der Waals surface area contributed by atoms with Gasteiger partial charge in [0.1, 0.15) is 24.3 Å². The Balaban J connectivity index is 1.42. The molecule has 1 N–H and O–H groups in total. The Morgan fingerprint density at radius 1 is 1.17 bits per heavy atom. The van der Waals surface area contributed by atoms with Crippen molar-refractivity contribution in [2.24, 2.45) is 7.05 Å². The maximum atomic E-state index is 10.4. The lowest BCUT2D eigenvalue weighted by atomic mass is 10.2. The second-order valence-corrected chi connectivity index (χ2v) is 7.97. The Morgan fingerprint density at radius 3 is 2.62 bits per heavy atom. The highest BCUT2D eigenvalue weighted by atomic mass is 16.5. The lowest BCUT2D eigenvalue weighted by Gasteiger charge is -2.34. The first-order valence-corrected chi connectivity index (χ1v) is 10.5. The largest absolute Gasteiger partial charge is 0.491 e. The smallest absolute Gasteiger partial charge is 0.122 e. The first kappa shape index (κ1) is 21.8. The Labute approximate surface area is 174 Å². The summed E-state index contributed by atoms with van der Waals surface area (Å²) in [6, 6.07) is 8.12. The van der Waals surface area contributed by atoms with Crippen LogP contribution in [0.5, 0.6) is 5.75 Å². The van der Waals surface area contributed by atoms with E-state index in [0.717, 1.165) is 57.4 Å². The average Bonchev–Trinajstić information content (AvgIpc) is 3.11. The Hall–Kier alpha value is -1.93. The van der Waals surface area contributed by atoms with Crippen LogP contribution < -0.4 is 4.74 Å². The number of benzene rings is 1. The van der Waals surface area contributed by atoms with Crippen molar-refractivity contribution in [3.8, 4) is 5.75 Å². The molecule has 0 bridgehead atoms. The number of rotatable bonds is 10. The van der Waals surface area contributed by atoms with E-state index in [1.165, 1.54) is 5.56 Å². The quantitative estimate of drug-likeness (QED) is 0.650. The highest BCUT2D eigenvalue weighted by Crippen LogP contribution is 2.16. The minimum absolute atomic E-state index is 0.320. The van der Waals surface area contributed by atoms with Crippen molar-refractivity contribution in [2.75, 3.05) is 52.9 Å². The number of nitrogens with zero attached hydrogens (tertiary/aromatic N) is 5. The van der Waals surface area contributed by atoms with Crippen molar-refractivity contribution in [2.45, 2.75) is 26.1 Å². The van der Waals surface area contributed by atoms with Crippen molar-refractivity contribution in [1.29, 1.82) is 0 Å². The molecular formula is C22H35N5O2. The molecule has 0 saturated carbocycles. The van der Waals surface area contributed by atoms with Crippen LogP contribution in [-0.4, -0.2) is 88.4 Å². The van der Waals surface area contributed by atoms with Gasteiger partial charge in [-0.1, -0.05) is 19.1 Å². The van der Waals surface area contributed by atoms with Crippen LogP contribution in [0, 0.1) is 0 Å². The summed E-state index contributed by atoms with van der Waals surface area (Å²) in [6.45, 7) is 10.1. The highest BCUT2D eigenvalue weighted by Gasteiger charge is 2.18. The molecule has 1 aromatic heterocycles. The molecule has 3 rings (SSSR count). The number of β-amino-alcohol motifs (C(OH)–C–C–N with tert-alkyl or cyclic N) is 1. The van der Waals surface area contributed by atoms with Gasteiger partial charge in [-0.3, -0.25) is 9.80 Å². The summed E-state index contributed by atoms with van der Waals surface area (Å²) >= 11 is 0. The van der Waals surface area contributed by atoms with E-state index in [1.54, 1.807) is 0 Å². The maximum Gasteiger partial charge on any atom is 0.122 e. The Kier molecular flexibility index (Phi) is 8.06. The van der Waals surface area contributed by atoms with Gasteiger partial charge in [-0.05, 0) is 31.3 Å². The van der Waals surface area contributed by atoms with Crippen LogP contribution in [-0.2, 0) is 20.1 Å². The third kappa shape index (κ3) is 6.82. The molecule has 1 aliphatic heterocycles. The van der Waals surface area contributed by atoms with E-state index in [-0.39, 0.29) is 0 Å². The number of piperazine rings is 1. The summed E-state index contributed by atoms with van der Waals surface area (Å²) in [5, 5.41) is 10.4. The minimum atomic E-state index is -0.474. The summed E-state index contributed by atoms with van der Waals surface area (Å²) in [4.78, 5) is 11.4. The molecular weight excluding hydrogens is 366 g/mol. The third-order valence-corrected chi connectivity index (χ3v) is 5.51. The summed E-state index contributed by atoms with van der Waals surface area (Å²) in [5.74, 6) is 1.85. The monoisotopic (exact) mass is 401 g/mol. The second kappa shape index (κ2) is 10.7. The van der Waals surface area contributed by atoms with Gasteiger partial charge in [0.05, 0.1) is 6.54 Å². The fourth-order valence-electron chi connectivity index (χ4n) is 3.72. The van der Waals surface area contributed by atoms with E-state index in [1.807, 2.05) is 36.1 Å². The van der Waals surface area contributed by atoms with E-state index >= 15 is 0 Å². The molecule has 7 heteroatoms. The Bertz CT molecular complexity index is 742. The standard InChI is InChI=1S/C22H35N5O2/c1-4-26-10-12-27(13-11-26)16-20(28)18-29-21-7-5-6-19(14-21)15-24(2)17-22-23-8-9-25(22)3/h5-9,14,20,28H,4,10-13,15-18H2,1-3H3/t20-/m0/s1. The summed E-state index contributed by atoms with van der Waals surface area (Å²) in [7, 11) is 4.10. The number of likely N-dealkylation sites (N-methyl/N-ethyl adjacent to an activating group) is 1. The van der Waals surface area contributed by atoms with E-state index in [0.29, 0.717) is 13.2 Å².